The number of hydrogen-bond donors (Lipinski definition) is 2. The molecule has 3 rings (SSSR count). The number of carbonyl (C=O) groups is 1. The van der Waals surface area contributed by atoms with Crippen molar-refractivity contribution in [1.82, 2.24) is 10.3 Å². The lowest BCUT2D eigenvalue weighted by molar-refractivity contribution is -0.127. The second kappa shape index (κ2) is 7.18. The number of amides is 1. The van der Waals surface area contributed by atoms with E-state index in [2.05, 4.69) is 20.6 Å². The van der Waals surface area contributed by atoms with Crippen LogP contribution in [0.15, 0.2) is 5.38 Å². The van der Waals surface area contributed by atoms with Crippen molar-refractivity contribution in [2.75, 3.05) is 24.5 Å². The lowest BCUT2D eigenvalue weighted by atomic mass is 9.84. The average Bonchev–Trinajstić information content (AvgIpc) is 3.00. The van der Waals surface area contributed by atoms with E-state index in [1.54, 1.807) is 11.3 Å². The highest BCUT2D eigenvalue weighted by Gasteiger charge is 2.31. The summed E-state index contributed by atoms with van der Waals surface area (Å²) < 4.78 is 0. The summed E-state index contributed by atoms with van der Waals surface area (Å²) in [7, 11) is 0. The van der Waals surface area contributed by atoms with Crippen molar-refractivity contribution in [1.29, 1.82) is 0 Å². The number of thiazole rings is 1. The molecule has 6 heteroatoms. The van der Waals surface area contributed by atoms with Crippen LogP contribution in [0.5, 0.6) is 0 Å². The summed E-state index contributed by atoms with van der Waals surface area (Å²) in [6.45, 7) is 4.19. The zero-order valence-corrected chi connectivity index (χ0v) is 14.7. The van der Waals surface area contributed by atoms with Crippen LogP contribution in [0.3, 0.4) is 0 Å². The Labute approximate surface area is 142 Å². The van der Waals surface area contributed by atoms with Gasteiger partial charge in [-0.2, -0.15) is 0 Å². The zero-order valence-electron chi connectivity index (χ0n) is 13.9. The number of piperidine rings is 1. The molecule has 0 atom stereocenters. The number of nitrogens with zero attached hydrogens (tertiary/aromatic N) is 2. The van der Waals surface area contributed by atoms with E-state index in [-0.39, 0.29) is 11.8 Å². The lowest BCUT2D eigenvalue weighted by Crippen LogP contribution is -2.47. The Balaban J connectivity index is 1.44. The molecule has 1 amide bonds. The first-order valence-electron chi connectivity index (χ1n) is 8.73. The number of aliphatic hydroxyl groups is 1. The maximum absolute atomic E-state index is 12.4. The fourth-order valence-electron chi connectivity index (χ4n) is 3.60. The minimum absolute atomic E-state index is 0.0690. The van der Waals surface area contributed by atoms with Crippen LogP contribution in [0.25, 0.3) is 0 Å². The third-order valence-electron chi connectivity index (χ3n) is 5.12. The maximum atomic E-state index is 12.4. The highest BCUT2D eigenvalue weighted by molar-refractivity contribution is 7.13. The van der Waals surface area contributed by atoms with Crippen molar-refractivity contribution in [2.45, 2.75) is 57.5 Å². The van der Waals surface area contributed by atoms with Gasteiger partial charge in [0.15, 0.2) is 5.13 Å². The molecule has 0 radical (unpaired) electrons. The van der Waals surface area contributed by atoms with Gasteiger partial charge in [0.1, 0.15) is 0 Å². The van der Waals surface area contributed by atoms with Gasteiger partial charge in [-0.1, -0.05) is 19.3 Å². The van der Waals surface area contributed by atoms with Crippen molar-refractivity contribution in [3.05, 3.63) is 11.1 Å². The van der Waals surface area contributed by atoms with Crippen LogP contribution >= 0.6 is 11.3 Å². The highest BCUT2D eigenvalue weighted by Crippen LogP contribution is 2.28. The third kappa shape index (κ3) is 4.23. The van der Waals surface area contributed by atoms with Crippen LogP contribution in [0.1, 0.15) is 50.6 Å². The van der Waals surface area contributed by atoms with Gasteiger partial charge in [0.2, 0.25) is 5.91 Å². The first-order chi connectivity index (χ1) is 11.1. The van der Waals surface area contributed by atoms with E-state index in [1.807, 2.05) is 6.92 Å². The maximum Gasteiger partial charge on any atom is 0.223 e. The summed E-state index contributed by atoms with van der Waals surface area (Å²) in [6, 6.07) is 0. The summed E-state index contributed by atoms with van der Waals surface area (Å²) >= 11 is 1.68. The minimum Gasteiger partial charge on any atom is -0.388 e. The second-order valence-electron chi connectivity index (χ2n) is 7.04. The number of rotatable bonds is 4. The number of hydrogen-bond acceptors (Lipinski definition) is 5. The molecule has 1 aliphatic carbocycles. The smallest absolute Gasteiger partial charge is 0.223 e. The molecule has 1 aromatic heterocycles. The van der Waals surface area contributed by atoms with E-state index in [4.69, 9.17) is 0 Å². The molecule has 1 aromatic rings. The van der Waals surface area contributed by atoms with Crippen molar-refractivity contribution in [3.8, 4) is 0 Å². The molecule has 2 heterocycles. The van der Waals surface area contributed by atoms with E-state index in [9.17, 15) is 9.90 Å². The number of aryl methyl sites for hydroxylation is 1. The molecule has 0 bridgehead atoms. The molecule has 2 aliphatic rings. The minimum atomic E-state index is -0.674. The summed E-state index contributed by atoms with van der Waals surface area (Å²) in [6.07, 6.45) is 6.69. The summed E-state index contributed by atoms with van der Waals surface area (Å²) in [5, 5.41) is 16.6. The van der Waals surface area contributed by atoms with Gasteiger partial charge in [0.25, 0.3) is 0 Å². The van der Waals surface area contributed by atoms with E-state index in [1.165, 1.54) is 6.42 Å². The Hall–Kier alpha value is -1.14. The Morgan fingerprint density at radius 3 is 2.70 bits per heavy atom. The molecule has 0 spiro atoms. The molecule has 0 unspecified atom stereocenters. The Morgan fingerprint density at radius 2 is 2.09 bits per heavy atom. The lowest BCUT2D eigenvalue weighted by Gasteiger charge is -2.34. The fraction of sp³-hybridized carbons (Fsp3) is 0.765. The molecule has 1 saturated heterocycles. The fourth-order valence-corrected chi connectivity index (χ4v) is 4.46. The molecule has 1 aliphatic heterocycles. The molecule has 1 saturated carbocycles. The summed E-state index contributed by atoms with van der Waals surface area (Å²) in [5.41, 5.74) is 0.387. The number of nitrogens with one attached hydrogen (secondary N) is 1. The first kappa shape index (κ1) is 16.7. The van der Waals surface area contributed by atoms with E-state index >= 15 is 0 Å². The predicted molar refractivity (Wildman–Crippen MR) is 92.8 cm³/mol. The Kier molecular flexibility index (Phi) is 5.21. The van der Waals surface area contributed by atoms with Crippen LogP contribution in [0.4, 0.5) is 5.13 Å². The monoisotopic (exact) mass is 337 g/mol. The van der Waals surface area contributed by atoms with Crippen LogP contribution in [0.2, 0.25) is 0 Å². The summed E-state index contributed by atoms with van der Waals surface area (Å²) in [4.78, 5) is 19.2. The Morgan fingerprint density at radius 1 is 1.39 bits per heavy atom. The SMILES string of the molecule is Cc1csc(N2CCC(C(=O)NCC3(O)CCCCC3)CC2)n1. The van der Waals surface area contributed by atoms with Crippen LogP contribution in [-0.4, -0.2) is 41.2 Å². The van der Waals surface area contributed by atoms with Gasteiger partial charge in [-0.15, -0.1) is 11.3 Å². The molecule has 128 valence electrons. The third-order valence-corrected chi connectivity index (χ3v) is 6.14. The van der Waals surface area contributed by atoms with Gasteiger partial charge in [-0.3, -0.25) is 4.79 Å². The number of aromatic nitrogens is 1. The molecular formula is C17H27N3O2S. The molecule has 5 nitrogen and oxygen atoms in total. The second-order valence-corrected chi connectivity index (χ2v) is 7.87. The largest absolute Gasteiger partial charge is 0.388 e. The van der Waals surface area contributed by atoms with Gasteiger partial charge >= 0.3 is 0 Å². The quantitative estimate of drug-likeness (QED) is 0.886. The Bertz CT molecular complexity index is 532. The van der Waals surface area contributed by atoms with Crippen LogP contribution < -0.4 is 10.2 Å². The van der Waals surface area contributed by atoms with Crippen molar-refractivity contribution in [2.24, 2.45) is 5.92 Å². The predicted octanol–water partition coefficient (Wildman–Crippen LogP) is 2.48. The van der Waals surface area contributed by atoms with E-state index < -0.39 is 5.60 Å². The van der Waals surface area contributed by atoms with Crippen molar-refractivity contribution in [3.63, 3.8) is 0 Å². The normalized spacial score (nSPS) is 22.1. The number of carbonyl (C=O) groups excluding carboxylic acids is 1. The number of anilines is 1. The summed E-state index contributed by atoms with van der Waals surface area (Å²) in [5.74, 6) is 0.179. The zero-order chi connectivity index (χ0) is 16.3. The van der Waals surface area contributed by atoms with Crippen molar-refractivity contribution < 1.29 is 9.90 Å². The topological polar surface area (TPSA) is 65.5 Å². The molecule has 0 aromatic carbocycles. The molecule has 2 N–H and O–H groups in total. The first-order valence-corrected chi connectivity index (χ1v) is 9.61. The average molecular weight is 337 g/mol. The molecular weight excluding hydrogens is 310 g/mol. The van der Waals surface area contributed by atoms with E-state index in [0.717, 1.165) is 62.4 Å². The van der Waals surface area contributed by atoms with Gasteiger partial charge in [-0.05, 0) is 32.6 Å². The standard InChI is InChI=1S/C17H27N3O2S/c1-13-11-23-16(19-13)20-9-5-14(6-10-20)15(21)18-12-17(22)7-3-2-4-8-17/h11,14,22H,2-10,12H2,1H3,(H,18,21). The van der Waals surface area contributed by atoms with Gasteiger partial charge < -0.3 is 15.3 Å². The van der Waals surface area contributed by atoms with Crippen LogP contribution in [0, 0.1) is 12.8 Å². The van der Waals surface area contributed by atoms with Gasteiger partial charge in [0.05, 0.1) is 11.3 Å². The molecule has 2 fully saturated rings. The van der Waals surface area contributed by atoms with Gasteiger partial charge in [-0.25, -0.2) is 4.98 Å². The highest BCUT2D eigenvalue weighted by atomic mass is 32.1. The van der Waals surface area contributed by atoms with Crippen molar-refractivity contribution >= 4 is 22.4 Å². The van der Waals surface area contributed by atoms with Crippen LogP contribution in [-0.2, 0) is 4.79 Å². The molecule has 23 heavy (non-hydrogen) atoms. The van der Waals surface area contributed by atoms with Gasteiger partial charge in [0, 0.05) is 30.9 Å². The van der Waals surface area contributed by atoms with E-state index in [0.29, 0.717) is 6.54 Å².